The fourth-order valence-electron chi connectivity index (χ4n) is 3.27. The number of hydrogen-bond acceptors (Lipinski definition) is 7. The van der Waals surface area contributed by atoms with Crippen LogP contribution in [0.1, 0.15) is 5.76 Å². The minimum absolute atomic E-state index is 0.0375. The average molecular weight is 407 g/mol. The molecule has 8 heteroatoms. The molecule has 0 atom stereocenters. The van der Waals surface area contributed by atoms with Crippen LogP contribution in [0.25, 0.3) is 11.3 Å². The zero-order chi connectivity index (χ0) is 20.9. The van der Waals surface area contributed by atoms with Gasteiger partial charge in [0.2, 0.25) is 0 Å². The number of non-ortho nitro benzene ring substituents is 1. The lowest BCUT2D eigenvalue weighted by Gasteiger charge is -2.28. The van der Waals surface area contributed by atoms with Crippen LogP contribution in [0.2, 0.25) is 0 Å². The highest BCUT2D eigenvalue weighted by atomic mass is 16.6. The summed E-state index contributed by atoms with van der Waals surface area (Å²) in [5.41, 5.74) is 2.57. The van der Waals surface area contributed by atoms with Crippen LogP contribution in [0.4, 0.5) is 17.1 Å². The van der Waals surface area contributed by atoms with E-state index < -0.39 is 4.92 Å². The van der Waals surface area contributed by atoms with Gasteiger partial charge in [0, 0.05) is 24.8 Å². The van der Waals surface area contributed by atoms with E-state index in [1.165, 1.54) is 19.2 Å². The molecule has 0 unspecified atom stereocenters. The molecule has 1 aliphatic heterocycles. The van der Waals surface area contributed by atoms with E-state index in [0.717, 1.165) is 37.7 Å². The predicted octanol–water partition coefficient (Wildman–Crippen LogP) is 4.45. The summed E-state index contributed by atoms with van der Waals surface area (Å²) in [4.78, 5) is 17.2. The molecule has 0 bridgehead atoms. The van der Waals surface area contributed by atoms with E-state index in [-0.39, 0.29) is 5.69 Å². The molecule has 0 spiro atoms. The number of nitro groups is 1. The molecular weight excluding hydrogens is 386 g/mol. The molecule has 1 aromatic heterocycles. The van der Waals surface area contributed by atoms with Crippen molar-refractivity contribution in [3.05, 3.63) is 70.5 Å². The van der Waals surface area contributed by atoms with E-state index >= 15 is 0 Å². The molecule has 0 radical (unpaired) electrons. The lowest BCUT2D eigenvalue weighted by atomic mass is 10.1. The second-order valence-electron chi connectivity index (χ2n) is 6.72. The Balaban J connectivity index is 1.48. The smallest absolute Gasteiger partial charge is 0.273 e. The van der Waals surface area contributed by atoms with E-state index in [1.54, 1.807) is 24.4 Å². The lowest BCUT2D eigenvalue weighted by molar-refractivity contribution is -0.384. The summed E-state index contributed by atoms with van der Waals surface area (Å²) in [6.07, 6.45) is 1.64. The zero-order valence-electron chi connectivity index (χ0n) is 16.5. The van der Waals surface area contributed by atoms with Crippen molar-refractivity contribution in [1.82, 2.24) is 0 Å². The second kappa shape index (κ2) is 8.79. The monoisotopic (exact) mass is 407 g/mol. The van der Waals surface area contributed by atoms with Crippen molar-refractivity contribution in [2.45, 2.75) is 0 Å². The summed E-state index contributed by atoms with van der Waals surface area (Å²) in [6.45, 7) is 3.29. The number of nitrogens with zero attached hydrogens (tertiary/aromatic N) is 3. The summed E-state index contributed by atoms with van der Waals surface area (Å²) in [5, 5.41) is 11.0. The number of aliphatic imine (C=N–C) groups is 1. The Hall–Kier alpha value is -3.65. The summed E-state index contributed by atoms with van der Waals surface area (Å²) in [6, 6.07) is 16.0. The first-order valence-corrected chi connectivity index (χ1v) is 9.53. The molecular formula is C22H21N3O5. The van der Waals surface area contributed by atoms with Gasteiger partial charge in [-0.1, -0.05) is 0 Å². The van der Waals surface area contributed by atoms with Gasteiger partial charge in [-0.25, -0.2) is 0 Å². The van der Waals surface area contributed by atoms with Crippen molar-refractivity contribution in [2.24, 2.45) is 4.99 Å². The highest BCUT2D eigenvalue weighted by molar-refractivity contribution is 5.80. The first-order chi connectivity index (χ1) is 14.6. The Labute approximate surface area is 173 Å². The molecule has 30 heavy (non-hydrogen) atoms. The Kier molecular flexibility index (Phi) is 5.76. The maximum atomic E-state index is 11.0. The minimum atomic E-state index is -0.461. The summed E-state index contributed by atoms with van der Waals surface area (Å²) in [5.74, 6) is 1.49. The van der Waals surface area contributed by atoms with Crippen LogP contribution in [0.3, 0.4) is 0 Å². The Morgan fingerprint density at radius 3 is 2.57 bits per heavy atom. The van der Waals surface area contributed by atoms with Crippen molar-refractivity contribution >= 4 is 23.3 Å². The summed E-state index contributed by atoms with van der Waals surface area (Å²) in [7, 11) is 1.47. The number of nitro benzene ring substituents is 1. The Bertz CT molecular complexity index is 1050. The number of morpholine rings is 1. The van der Waals surface area contributed by atoms with Crippen LogP contribution in [-0.4, -0.2) is 44.6 Å². The van der Waals surface area contributed by atoms with Gasteiger partial charge in [-0.15, -0.1) is 0 Å². The molecule has 0 aliphatic carbocycles. The van der Waals surface area contributed by atoms with Gasteiger partial charge in [0.1, 0.15) is 17.3 Å². The number of rotatable bonds is 6. The highest BCUT2D eigenvalue weighted by Gasteiger charge is 2.15. The van der Waals surface area contributed by atoms with Crippen LogP contribution < -0.4 is 9.64 Å². The molecule has 2 heterocycles. The molecule has 1 saturated heterocycles. The van der Waals surface area contributed by atoms with Crippen LogP contribution in [-0.2, 0) is 4.74 Å². The van der Waals surface area contributed by atoms with Crippen LogP contribution in [0.15, 0.2) is 64.0 Å². The quantitative estimate of drug-likeness (QED) is 0.341. The fraction of sp³-hybridized carbons (Fsp3) is 0.227. The largest absolute Gasteiger partial charge is 0.496 e. The average Bonchev–Trinajstić information content (AvgIpc) is 3.27. The SMILES string of the molecule is COc1cc([N+](=O)[O-])ccc1-c1ccc(C=Nc2ccc(N3CCOCC3)cc2)o1. The number of hydrogen-bond donors (Lipinski definition) is 0. The lowest BCUT2D eigenvalue weighted by Crippen LogP contribution is -2.36. The molecule has 8 nitrogen and oxygen atoms in total. The van der Waals surface area contributed by atoms with Crippen molar-refractivity contribution < 1.29 is 18.8 Å². The fourth-order valence-corrected chi connectivity index (χ4v) is 3.27. The van der Waals surface area contributed by atoms with Crippen molar-refractivity contribution in [2.75, 3.05) is 38.3 Å². The summed E-state index contributed by atoms with van der Waals surface area (Å²) >= 11 is 0. The van der Waals surface area contributed by atoms with E-state index in [4.69, 9.17) is 13.9 Å². The van der Waals surface area contributed by atoms with E-state index in [1.807, 2.05) is 24.3 Å². The normalized spacial score (nSPS) is 14.2. The summed E-state index contributed by atoms with van der Waals surface area (Å²) < 4.78 is 16.5. The van der Waals surface area contributed by atoms with Gasteiger partial charge in [0.15, 0.2) is 0 Å². The van der Waals surface area contributed by atoms with Gasteiger partial charge >= 0.3 is 0 Å². The number of anilines is 1. The molecule has 4 rings (SSSR count). The third-order valence-corrected chi connectivity index (χ3v) is 4.85. The molecule has 3 aromatic rings. The van der Waals surface area contributed by atoms with Crippen molar-refractivity contribution in [3.8, 4) is 17.1 Å². The standard InChI is InChI=1S/C22H21N3O5/c1-28-22-14-18(25(26)27)6-8-20(22)21-9-7-19(30-21)15-23-16-2-4-17(5-3-16)24-10-12-29-13-11-24/h2-9,14-15H,10-13H2,1H3. The maximum absolute atomic E-state index is 11.0. The molecule has 0 amide bonds. The number of ether oxygens (including phenoxy) is 2. The molecule has 0 saturated carbocycles. The molecule has 1 aliphatic rings. The number of methoxy groups -OCH3 is 1. The second-order valence-corrected chi connectivity index (χ2v) is 6.72. The first kappa shape index (κ1) is 19.7. The third kappa shape index (κ3) is 4.33. The highest BCUT2D eigenvalue weighted by Crippen LogP contribution is 2.34. The van der Waals surface area contributed by atoms with Gasteiger partial charge in [0.25, 0.3) is 5.69 Å². The van der Waals surface area contributed by atoms with Crippen LogP contribution in [0.5, 0.6) is 5.75 Å². The number of benzene rings is 2. The van der Waals surface area contributed by atoms with E-state index in [2.05, 4.69) is 9.89 Å². The van der Waals surface area contributed by atoms with Gasteiger partial charge in [-0.05, 0) is 42.5 Å². The Morgan fingerprint density at radius 1 is 1.10 bits per heavy atom. The minimum Gasteiger partial charge on any atom is -0.496 e. The molecule has 1 fully saturated rings. The zero-order valence-corrected chi connectivity index (χ0v) is 16.5. The molecule has 154 valence electrons. The topological polar surface area (TPSA) is 90.3 Å². The van der Waals surface area contributed by atoms with Crippen LogP contribution in [0, 0.1) is 10.1 Å². The predicted molar refractivity (Wildman–Crippen MR) is 114 cm³/mol. The van der Waals surface area contributed by atoms with E-state index in [0.29, 0.717) is 22.8 Å². The van der Waals surface area contributed by atoms with Gasteiger partial charge in [0.05, 0.1) is 48.8 Å². The van der Waals surface area contributed by atoms with E-state index in [9.17, 15) is 10.1 Å². The molecule has 0 N–H and O–H groups in total. The molecule has 2 aromatic carbocycles. The van der Waals surface area contributed by atoms with Crippen molar-refractivity contribution in [1.29, 1.82) is 0 Å². The van der Waals surface area contributed by atoms with Crippen molar-refractivity contribution in [3.63, 3.8) is 0 Å². The van der Waals surface area contributed by atoms with Crippen LogP contribution >= 0.6 is 0 Å². The third-order valence-electron chi connectivity index (χ3n) is 4.85. The first-order valence-electron chi connectivity index (χ1n) is 9.53. The van der Waals surface area contributed by atoms with Gasteiger partial charge in [-0.2, -0.15) is 0 Å². The van der Waals surface area contributed by atoms with Gasteiger partial charge in [-0.3, -0.25) is 15.1 Å². The van der Waals surface area contributed by atoms with Gasteiger partial charge < -0.3 is 18.8 Å². The Morgan fingerprint density at radius 2 is 1.87 bits per heavy atom. The number of furan rings is 1. The maximum Gasteiger partial charge on any atom is 0.273 e.